The van der Waals surface area contributed by atoms with Crippen LogP contribution >= 0.6 is 23.2 Å². The maximum Gasteiger partial charge on any atom is 0.340 e. The molecule has 3 aromatic carbocycles. The van der Waals surface area contributed by atoms with E-state index in [2.05, 4.69) is 15.4 Å². The maximum absolute atomic E-state index is 12.5. The molecule has 4 aromatic rings. The lowest BCUT2D eigenvalue weighted by molar-refractivity contribution is 0.0224. The van der Waals surface area contributed by atoms with E-state index in [1.165, 1.54) is 30.5 Å². The summed E-state index contributed by atoms with van der Waals surface area (Å²) in [6.07, 6.45) is 1.33. The zero-order valence-corrected chi connectivity index (χ0v) is 18.8. The number of fused-ring (bicyclic) bond motifs is 6. The van der Waals surface area contributed by atoms with E-state index in [9.17, 15) is 15.0 Å². The summed E-state index contributed by atoms with van der Waals surface area (Å²) < 4.78 is 11.8. The number of aromatic hydroxyl groups is 2. The number of halogens is 2. The number of carbonyl (C=O) groups excluding carboxylic acids is 1. The van der Waals surface area contributed by atoms with Crippen LogP contribution in [0.25, 0.3) is 0 Å². The topological polar surface area (TPSA) is 150 Å². The quantitative estimate of drug-likeness (QED) is 0.284. The normalized spacial score (nSPS) is 13.8. The van der Waals surface area contributed by atoms with E-state index in [0.29, 0.717) is 38.8 Å². The van der Waals surface area contributed by atoms with Crippen molar-refractivity contribution in [2.75, 3.05) is 0 Å². The van der Waals surface area contributed by atoms with Crippen LogP contribution < -0.4 is 10.9 Å². The van der Waals surface area contributed by atoms with E-state index >= 15 is 0 Å². The number of nitrogens with zero attached hydrogens (tertiary/aromatic N) is 3. The molecule has 9 nitrogen and oxygen atoms in total. The summed E-state index contributed by atoms with van der Waals surface area (Å²) in [7, 11) is 0. The number of carbonyl (C=O) groups is 1. The molecule has 3 heterocycles. The van der Waals surface area contributed by atoms with Crippen LogP contribution in [-0.4, -0.2) is 31.6 Å². The van der Waals surface area contributed by atoms with E-state index in [-0.39, 0.29) is 22.8 Å². The number of aromatic nitrogens is 3. The highest BCUT2D eigenvalue weighted by atomic mass is 35.5. The Hall–Kier alpha value is -3.92. The van der Waals surface area contributed by atoms with Crippen LogP contribution in [0.3, 0.4) is 0 Å². The lowest BCUT2D eigenvalue weighted by Gasteiger charge is -2.36. The molecule has 0 aliphatic carbocycles. The van der Waals surface area contributed by atoms with E-state index in [1.54, 1.807) is 24.3 Å². The molecule has 2 aliphatic rings. The lowest BCUT2D eigenvalue weighted by Crippen LogP contribution is -2.32. The summed E-state index contributed by atoms with van der Waals surface area (Å²) in [6, 6.07) is 16.6. The van der Waals surface area contributed by atoms with Crippen LogP contribution in [0.4, 0.5) is 0 Å². The van der Waals surface area contributed by atoms with Gasteiger partial charge in [0.05, 0.1) is 11.8 Å². The molecule has 0 unspecified atom stereocenters. The molecule has 34 heavy (non-hydrogen) atoms. The average Bonchev–Trinajstić information content (AvgIpc) is 3.09. The van der Waals surface area contributed by atoms with E-state index in [0.717, 1.165) is 0 Å². The molecule has 0 fully saturated rings. The molecule has 0 radical (unpaired) electrons. The fourth-order valence-electron chi connectivity index (χ4n) is 3.90. The highest BCUT2D eigenvalue weighted by molar-refractivity contribution is 6.40. The zero-order valence-electron chi connectivity index (χ0n) is 17.3. The summed E-state index contributed by atoms with van der Waals surface area (Å²) in [5.74, 6) is 0.408. The van der Waals surface area contributed by atoms with Crippen molar-refractivity contribution in [1.82, 2.24) is 21.6 Å². The van der Waals surface area contributed by atoms with Crippen LogP contribution in [-0.2, 0) is 10.3 Å². The molecule has 6 rings (SSSR count). The van der Waals surface area contributed by atoms with Crippen LogP contribution in [0.15, 0.2) is 66.9 Å². The fraction of sp³-hybridized carbons (Fsp3) is 0.0435. The van der Waals surface area contributed by atoms with Crippen molar-refractivity contribution in [2.24, 2.45) is 0 Å². The van der Waals surface area contributed by atoms with Crippen molar-refractivity contribution >= 4 is 29.2 Å². The van der Waals surface area contributed by atoms with Gasteiger partial charge in [0.25, 0.3) is 0 Å². The number of hydrogen-bond acceptors (Lipinski definition) is 9. The van der Waals surface area contributed by atoms with Crippen molar-refractivity contribution in [3.05, 3.63) is 99.3 Å². The molecule has 172 valence electrons. The maximum atomic E-state index is 12.5. The van der Waals surface area contributed by atoms with Gasteiger partial charge < -0.3 is 25.8 Å². The summed E-state index contributed by atoms with van der Waals surface area (Å²) in [5, 5.41) is 30.1. The van der Waals surface area contributed by atoms with Crippen molar-refractivity contribution in [3.63, 3.8) is 0 Å². The molecule has 0 bridgehead atoms. The third-order valence-corrected chi connectivity index (χ3v) is 5.89. The van der Waals surface area contributed by atoms with Gasteiger partial charge in [-0.15, -0.1) is 10.2 Å². The molecule has 0 saturated heterocycles. The van der Waals surface area contributed by atoms with Gasteiger partial charge in [0, 0.05) is 28.8 Å². The van der Waals surface area contributed by atoms with Gasteiger partial charge in [-0.05, 0) is 35.5 Å². The first-order chi connectivity index (χ1) is 15.9. The fourth-order valence-corrected chi connectivity index (χ4v) is 4.06. The number of phenols is 2. The summed E-state index contributed by atoms with van der Waals surface area (Å²) >= 11 is 10.8. The first kappa shape index (κ1) is 23.2. The number of esters is 1. The Morgan fingerprint density at radius 3 is 2.03 bits per heavy atom. The monoisotopic (exact) mass is 498 g/mol. The molecular formula is C23H16Cl2N4O5. The van der Waals surface area contributed by atoms with Crippen molar-refractivity contribution < 1.29 is 24.5 Å². The van der Waals surface area contributed by atoms with Gasteiger partial charge in [0.1, 0.15) is 28.0 Å². The molecule has 0 atom stereocenters. The van der Waals surface area contributed by atoms with Crippen molar-refractivity contribution in [3.8, 4) is 23.0 Å². The second-order valence-corrected chi connectivity index (χ2v) is 7.92. The molecule has 0 saturated carbocycles. The first-order valence-electron chi connectivity index (χ1n) is 9.57. The highest BCUT2D eigenvalue weighted by Crippen LogP contribution is 2.56. The molecule has 0 amide bonds. The Bertz CT molecular complexity index is 1340. The standard InChI is InChI=1S/C20H12O5.C3HCl2N3.H3N/c21-11-5-7-15-17(9-11)24-18-10-12(22)6-8-16(18)20(15)14-4-2-1-3-13(14)19(23)25-20;4-2-1-6-8-7-3(2)5;/h1-10,21-22H;1H;1H3. The molecule has 2 aliphatic heterocycles. The largest absolute Gasteiger partial charge is 0.508 e. The predicted molar refractivity (Wildman–Crippen MR) is 123 cm³/mol. The summed E-state index contributed by atoms with van der Waals surface area (Å²) in [4.78, 5) is 12.5. The number of benzene rings is 3. The Morgan fingerprint density at radius 2 is 1.47 bits per heavy atom. The second kappa shape index (κ2) is 8.79. The molecule has 11 heteroatoms. The minimum absolute atomic E-state index is 0. The number of rotatable bonds is 0. The van der Waals surface area contributed by atoms with E-state index in [4.69, 9.17) is 32.7 Å². The van der Waals surface area contributed by atoms with Crippen LogP contribution in [0.2, 0.25) is 10.2 Å². The molecular weight excluding hydrogens is 483 g/mol. The smallest absolute Gasteiger partial charge is 0.340 e. The van der Waals surface area contributed by atoms with Gasteiger partial charge in [0.15, 0.2) is 10.8 Å². The highest BCUT2D eigenvalue weighted by Gasteiger charge is 2.53. The van der Waals surface area contributed by atoms with Gasteiger partial charge in [0.2, 0.25) is 0 Å². The third kappa shape index (κ3) is 3.65. The zero-order chi connectivity index (χ0) is 23.2. The van der Waals surface area contributed by atoms with Gasteiger partial charge in [-0.3, -0.25) is 0 Å². The number of phenolic OH excluding ortho intramolecular Hbond substituents is 2. The molecule has 1 spiro atoms. The van der Waals surface area contributed by atoms with Gasteiger partial charge >= 0.3 is 5.97 Å². The Kier molecular flexibility index (Phi) is 6.01. The van der Waals surface area contributed by atoms with E-state index < -0.39 is 11.6 Å². The van der Waals surface area contributed by atoms with Gasteiger partial charge in [-0.25, -0.2) is 4.79 Å². The van der Waals surface area contributed by atoms with Gasteiger partial charge in [-0.1, -0.05) is 41.4 Å². The van der Waals surface area contributed by atoms with Gasteiger partial charge in [-0.2, -0.15) is 0 Å². The SMILES string of the molecule is Clc1cnnnc1Cl.N.O=C1OC2(c3ccc(O)cc3Oc3cc(O)ccc32)c2ccccc21. The van der Waals surface area contributed by atoms with Crippen LogP contribution in [0.5, 0.6) is 23.0 Å². The van der Waals surface area contributed by atoms with E-state index in [1.807, 2.05) is 12.1 Å². The Balaban J connectivity index is 0.000000261. The second-order valence-electron chi connectivity index (χ2n) is 7.15. The average molecular weight is 499 g/mol. The minimum Gasteiger partial charge on any atom is -0.508 e. The van der Waals surface area contributed by atoms with Crippen LogP contribution in [0, 0.1) is 0 Å². The molecule has 1 aromatic heterocycles. The lowest BCUT2D eigenvalue weighted by atomic mass is 9.77. The minimum atomic E-state index is -1.17. The third-order valence-electron chi connectivity index (χ3n) is 5.23. The van der Waals surface area contributed by atoms with Crippen molar-refractivity contribution in [2.45, 2.75) is 5.60 Å². The van der Waals surface area contributed by atoms with Crippen LogP contribution in [0.1, 0.15) is 27.0 Å². The first-order valence-corrected chi connectivity index (χ1v) is 10.3. The number of hydrogen-bond donors (Lipinski definition) is 3. The summed E-state index contributed by atoms with van der Waals surface area (Å²) in [5.41, 5.74) is 1.28. The predicted octanol–water partition coefficient (Wildman–Crippen LogP) is 5.01. The Morgan fingerprint density at radius 1 is 0.853 bits per heavy atom. The summed E-state index contributed by atoms with van der Waals surface area (Å²) in [6.45, 7) is 0. The Labute approximate surface area is 203 Å². The number of ether oxygens (including phenoxy) is 2. The van der Waals surface area contributed by atoms with Crippen molar-refractivity contribution in [1.29, 1.82) is 0 Å². The molecule has 5 N–H and O–H groups in total.